The fourth-order valence-electron chi connectivity index (χ4n) is 3.29. The van der Waals surface area contributed by atoms with Gasteiger partial charge in [0.15, 0.2) is 0 Å². The first-order valence-corrected chi connectivity index (χ1v) is 10.8. The summed E-state index contributed by atoms with van der Waals surface area (Å²) in [7, 11) is 0.295. The molecule has 1 heterocycles. The van der Waals surface area contributed by atoms with Gasteiger partial charge in [-0.1, -0.05) is 19.3 Å². The number of hydrogen-bond donors (Lipinski definition) is 1. The lowest BCUT2D eigenvalue weighted by atomic mass is 9.95. The summed E-state index contributed by atoms with van der Waals surface area (Å²) < 4.78 is 23.3. The van der Waals surface area contributed by atoms with Crippen molar-refractivity contribution in [3.63, 3.8) is 0 Å². The van der Waals surface area contributed by atoms with Gasteiger partial charge in [0.05, 0.1) is 18.6 Å². The van der Waals surface area contributed by atoms with Crippen LogP contribution in [-0.2, 0) is 21.3 Å². The molecule has 146 valence electrons. The maximum Gasteiger partial charge on any atom is 0.232 e. The molecule has 0 saturated heterocycles. The van der Waals surface area contributed by atoms with Crippen LogP contribution in [0.2, 0.25) is 0 Å². The van der Waals surface area contributed by atoms with Crippen LogP contribution in [0.5, 0.6) is 5.75 Å². The van der Waals surface area contributed by atoms with E-state index in [1.165, 1.54) is 6.42 Å². The first kappa shape index (κ1) is 19.6. The lowest BCUT2D eigenvalue weighted by Crippen LogP contribution is -2.38. The number of carbonyl (C=O) groups excluding carboxylic acids is 1. The van der Waals surface area contributed by atoms with Gasteiger partial charge in [0.2, 0.25) is 11.8 Å². The molecule has 0 spiro atoms. The highest BCUT2D eigenvalue weighted by Gasteiger charge is 2.19. The predicted molar refractivity (Wildman–Crippen MR) is 105 cm³/mol. The van der Waals surface area contributed by atoms with Gasteiger partial charge in [-0.15, -0.1) is 0 Å². The summed E-state index contributed by atoms with van der Waals surface area (Å²) in [6.45, 7) is 1.80. The molecule has 1 amide bonds. The normalized spacial score (nSPS) is 16.1. The average molecular weight is 391 g/mol. The first-order chi connectivity index (χ1) is 13.0. The van der Waals surface area contributed by atoms with Gasteiger partial charge in [-0.3, -0.25) is 9.00 Å². The predicted octanol–water partition coefficient (Wildman–Crippen LogP) is 3.36. The number of oxazole rings is 1. The Balaban J connectivity index is 1.57. The molecular weight excluding hydrogens is 364 g/mol. The van der Waals surface area contributed by atoms with Gasteiger partial charge in [-0.25, -0.2) is 4.98 Å². The number of methoxy groups -OCH3 is 1. The summed E-state index contributed by atoms with van der Waals surface area (Å²) in [5, 5.41) is 3.00. The minimum Gasteiger partial charge on any atom is -0.497 e. The van der Waals surface area contributed by atoms with Crippen LogP contribution in [0.1, 0.15) is 43.6 Å². The molecule has 1 saturated carbocycles. The second-order valence-electron chi connectivity index (χ2n) is 6.88. The monoisotopic (exact) mass is 390 g/mol. The molecule has 1 aliphatic carbocycles. The molecule has 7 heteroatoms. The van der Waals surface area contributed by atoms with Crippen LogP contribution in [0.15, 0.2) is 28.7 Å². The van der Waals surface area contributed by atoms with Crippen molar-refractivity contribution in [3.8, 4) is 17.2 Å². The average Bonchev–Trinajstić information content (AvgIpc) is 3.02. The van der Waals surface area contributed by atoms with Gasteiger partial charge >= 0.3 is 0 Å². The van der Waals surface area contributed by atoms with Gasteiger partial charge in [-0.05, 0) is 44.0 Å². The molecular formula is C20H26N2O4S. The van der Waals surface area contributed by atoms with Gasteiger partial charge in [0.25, 0.3) is 0 Å². The van der Waals surface area contributed by atoms with E-state index in [4.69, 9.17) is 9.15 Å². The van der Waals surface area contributed by atoms with Gasteiger partial charge in [0, 0.05) is 22.4 Å². The zero-order chi connectivity index (χ0) is 19.2. The minimum atomic E-state index is -1.32. The molecule has 1 atom stereocenters. The van der Waals surface area contributed by atoms with E-state index in [-0.39, 0.29) is 23.5 Å². The smallest absolute Gasteiger partial charge is 0.232 e. The Morgan fingerprint density at radius 3 is 2.63 bits per heavy atom. The van der Waals surface area contributed by atoms with E-state index in [1.54, 1.807) is 14.0 Å². The molecule has 1 fully saturated rings. The van der Waals surface area contributed by atoms with E-state index in [9.17, 15) is 9.00 Å². The van der Waals surface area contributed by atoms with E-state index >= 15 is 0 Å². The fraction of sp³-hybridized carbons (Fsp3) is 0.500. The second-order valence-corrected chi connectivity index (χ2v) is 8.34. The van der Waals surface area contributed by atoms with E-state index in [0.717, 1.165) is 37.0 Å². The molecule has 1 aromatic carbocycles. The number of nitrogens with one attached hydrogen (secondary N) is 1. The maximum absolute atomic E-state index is 12.4. The van der Waals surface area contributed by atoms with Crippen molar-refractivity contribution in [2.75, 3.05) is 12.9 Å². The first-order valence-electron chi connectivity index (χ1n) is 9.30. The van der Waals surface area contributed by atoms with Crippen LogP contribution >= 0.6 is 0 Å². The van der Waals surface area contributed by atoms with Crippen LogP contribution in [0.3, 0.4) is 0 Å². The Bertz CT molecular complexity index is 795. The maximum atomic E-state index is 12.4. The van der Waals surface area contributed by atoms with Crippen molar-refractivity contribution in [1.82, 2.24) is 10.3 Å². The standard InChI is InChI=1S/C20H26N2O4S/c1-14-18(22-20(26-14)15-8-10-17(25-2)11-9-15)12-27(24)13-19(23)21-16-6-4-3-5-7-16/h8-11,16H,3-7,12-13H2,1-2H3,(H,21,23)/t27-/m1/s1. The Morgan fingerprint density at radius 2 is 1.96 bits per heavy atom. The van der Waals surface area contributed by atoms with E-state index < -0.39 is 10.8 Å². The third-order valence-corrected chi connectivity index (χ3v) is 5.97. The van der Waals surface area contributed by atoms with Crippen LogP contribution in [0.25, 0.3) is 11.5 Å². The minimum absolute atomic E-state index is 0.000664. The number of nitrogens with zero attached hydrogens (tertiary/aromatic N) is 1. The Kier molecular flexibility index (Phi) is 6.66. The van der Waals surface area contributed by atoms with Gasteiger partial charge in [0.1, 0.15) is 17.3 Å². The van der Waals surface area contributed by atoms with Crippen LogP contribution in [-0.4, -0.2) is 34.0 Å². The quantitative estimate of drug-likeness (QED) is 0.784. The number of rotatable bonds is 7. The Labute approximate surface area is 162 Å². The molecule has 1 N–H and O–H groups in total. The summed E-state index contributed by atoms with van der Waals surface area (Å²) >= 11 is 0. The summed E-state index contributed by atoms with van der Waals surface area (Å²) in [5.74, 6) is 1.93. The number of ether oxygens (including phenoxy) is 1. The number of carbonyl (C=O) groups is 1. The molecule has 0 bridgehead atoms. The fourth-order valence-corrected chi connectivity index (χ4v) is 4.34. The molecule has 6 nitrogen and oxygen atoms in total. The number of aryl methyl sites for hydroxylation is 1. The van der Waals surface area contributed by atoms with Crippen LogP contribution in [0.4, 0.5) is 0 Å². The molecule has 2 aromatic rings. The van der Waals surface area contributed by atoms with Gasteiger partial charge < -0.3 is 14.5 Å². The highest BCUT2D eigenvalue weighted by atomic mass is 32.2. The van der Waals surface area contributed by atoms with Crippen molar-refractivity contribution < 1.29 is 18.2 Å². The summed E-state index contributed by atoms with van der Waals surface area (Å²) in [4.78, 5) is 16.6. The molecule has 3 rings (SSSR count). The third kappa shape index (κ3) is 5.42. The topological polar surface area (TPSA) is 81.4 Å². The lowest BCUT2D eigenvalue weighted by Gasteiger charge is -2.22. The molecule has 0 unspecified atom stereocenters. The number of benzene rings is 1. The zero-order valence-corrected chi connectivity index (χ0v) is 16.6. The number of amides is 1. The van der Waals surface area contributed by atoms with Crippen molar-refractivity contribution in [3.05, 3.63) is 35.7 Å². The van der Waals surface area contributed by atoms with E-state index in [0.29, 0.717) is 17.3 Å². The van der Waals surface area contributed by atoms with Crippen molar-refractivity contribution in [2.24, 2.45) is 0 Å². The third-order valence-electron chi connectivity index (χ3n) is 4.79. The second kappa shape index (κ2) is 9.17. The summed E-state index contributed by atoms with van der Waals surface area (Å²) in [5.41, 5.74) is 1.45. The Morgan fingerprint density at radius 1 is 1.26 bits per heavy atom. The largest absolute Gasteiger partial charge is 0.497 e. The molecule has 1 aromatic heterocycles. The van der Waals surface area contributed by atoms with E-state index in [2.05, 4.69) is 10.3 Å². The van der Waals surface area contributed by atoms with Crippen LogP contribution in [0, 0.1) is 6.92 Å². The SMILES string of the molecule is COc1ccc(-c2nc(C[S@@](=O)CC(=O)NC3CCCCC3)c(C)o2)cc1. The lowest BCUT2D eigenvalue weighted by molar-refractivity contribution is -0.119. The summed E-state index contributed by atoms with van der Waals surface area (Å²) in [6.07, 6.45) is 5.58. The molecule has 0 aliphatic heterocycles. The van der Waals surface area contributed by atoms with Crippen molar-refractivity contribution in [1.29, 1.82) is 0 Å². The number of hydrogen-bond acceptors (Lipinski definition) is 5. The number of aromatic nitrogens is 1. The van der Waals surface area contributed by atoms with Crippen molar-refractivity contribution in [2.45, 2.75) is 50.8 Å². The Hall–Kier alpha value is -2.15. The van der Waals surface area contributed by atoms with E-state index in [1.807, 2.05) is 24.3 Å². The highest BCUT2D eigenvalue weighted by molar-refractivity contribution is 7.84. The van der Waals surface area contributed by atoms with Crippen molar-refractivity contribution >= 4 is 16.7 Å². The van der Waals surface area contributed by atoms with Crippen LogP contribution < -0.4 is 10.1 Å². The van der Waals surface area contributed by atoms with Gasteiger partial charge in [-0.2, -0.15) is 0 Å². The summed E-state index contributed by atoms with van der Waals surface area (Å²) in [6, 6.07) is 7.63. The molecule has 27 heavy (non-hydrogen) atoms. The molecule has 0 radical (unpaired) electrons. The highest BCUT2D eigenvalue weighted by Crippen LogP contribution is 2.24. The molecule has 1 aliphatic rings. The zero-order valence-electron chi connectivity index (χ0n) is 15.8.